The molecule has 1 aliphatic rings. The van der Waals surface area contributed by atoms with Crippen molar-refractivity contribution in [1.29, 1.82) is 0 Å². The zero-order chi connectivity index (χ0) is 13.8. The monoisotopic (exact) mass is 262 g/mol. The van der Waals surface area contributed by atoms with E-state index < -0.39 is 12.0 Å². The molecule has 1 amide bonds. The van der Waals surface area contributed by atoms with E-state index in [0.717, 1.165) is 6.54 Å². The van der Waals surface area contributed by atoms with Gasteiger partial charge in [0.15, 0.2) is 0 Å². The number of carboxylic acids is 1. The third-order valence-corrected chi connectivity index (χ3v) is 3.45. The molecule has 0 unspecified atom stereocenters. The summed E-state index contributed by atoms with van der Waals surface area (Å²) in [6.07, 6.45) is 0.697. The average molecular weight is 262 g/mol. The lowest BCUT2D eigenvalue weighted by atomic mass is 9.96. The van der Waals surface area contributed by atoms with Crippen LogP contribution in [0.15, 0.2) is 30.3 Å². The van der Waals surface area contributed by atoms with Gasteiger partial charge in [-0.1, -0.05) is 30.3 Å². The molecule has 3 atom stereocenters. The minimum atomic E-state index is -1.02. The summed E-state index contributed by atoms with van der Waals surface area (Å²) in [6.45, 7) is 2.20. The summed E-state index contributed by atoms with van der Waals surface area (Å²) >= 11 is 0. The van der Waals surface area contributed by atoms with Crippen molar-refractivity contribution in [2.24, 2.45) is 0 Å². The standard InChI is InChI=1S/C14H18N2O3/c1-9(14(18)19)16-13(17)12-7-11(8-15-12)10-5-3-2-4-6-10/h2-6,9,11-12,15H,7-8H2,1H3,(H,16,17)(H,18,19)/t9-,11-,12+/m0/s1. The largest absolute Gasteiger partial charge is 0.480 e. The van der Waals surface area contributed by atoms with E-state index in [4.69, 9.17) is 5.11 Å². The molecule has 3 N–H and O–H groups in total. The van der Waals surface area contributed by atoms with Gasteiger partial charge in [0.25, 0.3) is 0 Å². The Labute approximate surface area is 112 Å². The molecule has 102 valence electrons. The Kier molecular flexibility index (Phi) is 4.16. The topological polar surface area (TPSA) is 78.4 Å². The molecular weight excluding hydrogens is 244 g/mol. The van der Waals surface area contributed by atoms with Gasteiger partial charge in [-0.25, -0.2) is 0 Å². The normalized spacial score (nSPS) is 23.8. The second-order valence-corrected chi connectivity index (χ2v) is 4.87. The van der Waals surface area contributed by atoms with E-state index >= 15 is 0 Å². The minimum absolute atomic E-state index is 0.242. The fourth-order valence-corrected chi connectivity index (χ4v) is 2.29. The second kappa shape index (κ2) is 5.84. The van der Waals surface area contributed by atoms with Gasteiger partial charge in [-0.2, -0.15) is 0 Å². The molecular formula is C14H18N2O3. The van der Waals surface area contributed by atoms with Crippen LogP contribution >= 0.6 is 0 Å². The summed E-state index contributed by atoms with van der Waals surface area (Å²) in [4.78, 5) is 22.6. The molecule has 1 fully saturated rings. The summed E-state index contributed by atoms with van der Waals surface area (Å²) in [5.41, 5.74) is 1.21. The molecule has 0 radical (unpaired) electrons. The molecule has 0 bridgehead atoms. The highest BCUT2D eigenvalue weighted by atomic mass is 16.4. The van der Waals surface area contributed by atoms with E-state index in [0.29, 0.717) is 12.3 Å². The van der Waals surface area contributed by atoms with Gasteiger partial charge in [-0.3, -0.25) is 9.59 Å². The Morgan fingerprint density at radius 1 is 1.37 bits per heavy atom. The maximum atomic E-state index is 11.9. The van der Waals surface area contributed by atoms with Crippen molar-refractivity contribution in [1.82, 2.24) is 10.6 Å². The predicted octanol–water partition coefficient (Wildman–Crippen LogP) is 0.721. The molecule has 19 heavy (non-hydrogen) atoms. The fourth-order valence-electron chi connectivity index (χ4n) is 2.29. The number of nitrogens with one attached hydrogen (secondary N) is 2. The van der Waals surface area contributed by atoms with Crippen molar-refractivity contribution in [2.75, 3.05) is 6.54 Å². The lowest BCUT2D eigenvalue weighted by Gasteiger charge is -2.14. The van der Waals surface area contributed by atoms with E-state index in [9.17, 15) is 9.59 Å². The number of benzene rings is 1. The van der Waals surface area contributed by atoms with Crippen LogP contribution in [0.1, 0.15) is 24.8 Å². The summed E-state index contributed by atoms with van der Waals surface area (Å²) in [6, 6.07) is 8.85. The lowest BCUT2D eigenvalue weighted by Crippen LogP contribution is -2.46. The lowest BCUT2D eigenvalue weighted by molar-refractivity contribution is -0.141. The van der Waals surface area contributed by atoms with E-state index in [-0.39, 0.29) is 11.9 Å². The first-order valence-corrected chi connectivity index (χ1v) is 6.39. The number of carbonyl (C=O) groups excluding carboxylic acids is 1. The van der Waals surface area contributed by atoms with Crippen molar-refractivity contribution in [3.8, 4) is 0 Å². The molecule has 0 saturated carbocycles. The van der Waals surface area contributed by atoms with Crippen molar-refractivity contribution in [2.45, 2.75) is 31.3 Å². The zero-order valence-electron chi connectivity index (χ0n) is 10.8. The van der Waals surface area contributed by atoms with Crippen LogP contribution in [0.5, 0.6) is 0 Å². The Morgan fingerprint density at radius 3 is 2.68 bits per heavy atom. The van der Waals surface area contributed by atoms with Gasteiger partial charge in [0.1, 0.15) is 6.04 Å². The van der Waals surface area contributed by atoms with Crippen molar-refractivity contribution in [3.05, 3.63) is 35.9 Å². The first-order chi connectivity index (χ1) is 9.08. The van der Waals surface area contributed by atoms with Gasteiger partial charge in [0.05, 0.1) is 6.04 Å². The predicted molar refractivity (Wildman–Crippen MR) is 70.8 cm³/mol. The summed E-state index contributed by atoms with van der Waals surface area (Å²) < 4.78 is 0. The van der Waals surface area contributed by atoms with Crippen LogP contribution in [0.3, 0.4) is 0 Å². The molecule has 5 nitrogen and oxygen atoms in total. The maximum Gasteiger partial charge on any atom is 0.325 e. The summed E-state index contributed by atoms with van der Waals surface area (Å²) in [5.74, 6) is -0.962. The number of carbonyl (C=O) groups is 2. The number of rotatable bonds is 4. The van der Waals surface area contributed by atoms with Crippen LogP contribution in [0.4, 0.5) is 0 Å². The second-order valence-electron chi connectivity index (χ2n) is 4.87. The van der Waals surface area contributed by atoms with Crippen LogP contribution in [-0.4, -0.2) is 35.6 Å². The quantitative estimate of drug-likeness (QED) is 0.747. The van der Waals surface area contributed by atoms with Crippen molar-refractivity contribution in [3.63, 3.8) is 0 Å². The molecule has 1 aromatic rings. The van der Waals surface area contributed by atoms with E-state index in [2.05, 4.69) is 10.6 Å². The highest BCUT2D eigenvalue weighted by Gasteiger charge is 2.31. The molecule has 5 heteroatoms. The molecule has 2 rings (SSSR count). The highest BCUT2D eigenvalue weighted by molar-refractivity contribution is 5.87. The van der Waals surface area contributed by atoms with Gasteiger partial charge >= 0.3 is 5.97 Å². The zero-order valence-corrected chi connectivity index (χ0v) is 10.8. The Morgan fingerprint density at radius 2 is 2.05 bits per heavy atom. The van der Waals surface area contributed by atoms with Crippen LogP contribution in [0.25, 0.3) is 0 Å². The number of aliphatic carboxylic acids is 1. The van der Waals surface area contributed by atoms with E-state index in [1.807, 2.05) is 30.3 Å². The molecule has 1 saturated heterocycles. The van der Waals surface area contributed by atoms with E-state index in [1.54, 1.807) is 0 Å². The number of carboxylic acid groups (broad SMARTS) is 1. The molecule has 0 spiro atoms. The third kappa shape index (κ3) is 3.32. The molecule has 1 heterocycles. The summed E-state index contributed by atoms with van der Waals surface area (Å²) in [7, 11) is 0. The SMILES string of the molecule is C[C@H](NC(=O)[C@H]1C[C@H](c2ccccc2)CN1)C(=O)O. The molecule has 1 aliphatic heterocycles. The molecule has 0 aromatic heterocycles. The first-order valence-electron chi connectivity index (χ1n) is 6.39. The highest BCUT2D eigenvalue weighted by Crippen LogP contribution is 2.25. The Balaban J connectivity index is 1.91. The Hall–Kier alpha value is -1.88. The van der Waals surface area contributed by atoms with Crippen molar-refractivity contribution >= 4 is 11.9 Å². The van der Waals surface area contributed by atoms with Crippen LogP contribution in [0.2, 0.25) is 0 Å². The van der Waals surface area contributed by atoms with Crippen LogP contribution < -0.4 is 10.6 Å². The number of hydrogen-bond donors (Lipinski definition) is 3. The average Bonchev–Trinajstić information content (AvgIpc) is 2.89. The number of amides is 1. The third-order valence-electron chi connectivity index (χ3n) is 3.45. The van der Waals surface area contributed by atoms with Gasteiger partial charge in [-0.05, 0) is 24.8 Å². The maximum absolute atomic E-state index is 11.9. The van der Waals surface area contributed by atoms with Crippen LogP contribution in [0, 0.1) is 0 Å². The fraction of sp³-hybridized carbons (Fsp3) is 0.429. The van der Waals surface area contributed by atoms with Gasteiger partial charge < -0.3 is 15.7 Å². The van der Waals surface area contributed by atoms with Crippen LogP contribution in [-0.2, 0) is 9.59 Å². The Bertz CT molecular complexity index is 461. The first kappa shape index (κ1) is 13.5. The molecule has 1 aromatic carbocycles. The summed E-state index contributed by atoms with van der Waals surface area (Å²) in [5, 5.41) is 14.4. The van der Waals surface area contributed by atoms with Crippen molar-refractivity contribution < 1.29 is 14.7 Å². The molecule has 0 aliphatic carbocycles. The minimum Gasteiger partial charge on any atom is -0.480 e. The van der Waals surface area contributed by atoms with E-state index in [1.165, 1.54) is 12.5 Å². The van der Waals surface area contributed by atoms with Gasteiger partial charge in [0.2, 0.25) is 5.91 Å². The number of hydrogen-bond acceptors (Lipinski definition) is 3. The van der Waals surface area contributed by atoms with Gasteiger partial charge in [-0.15, -0.1) is 0 Å². The van der Waals surface area contributed by atoms with Gasteiger partial charge in [0, 0.05) is 6.54 Å². The smallest absolute Gasteiger partial charge is 0.325 e.